The van der Waals surface area contributed by atoms with Gasteiger partial charge in [-0.3, -0.25) is 4.98 Å². The van der Waals surface area contributed by atoms with Crippen molar-refractivity contribution in [3.63, 3.8) is 0 Å². The van der Waals surface area contributed by atoms with Crippen molar-refractivity contribution in [3.8, 4) is 11.3 Å². The van der Waals surface area contributed by atoms with Crippen LogP contribution in [0.1, 0.15) is 0 Å². The Morgan fingerprint density at radius 3 is 2.55 bits per heavy atom. The molecule has 0 spiro atoms. The van der Waals surface area contributed by atoms with Gasteiger partial charge in [0, 0.05) is 11.6 Å². The fraction of sp³-hybridized carbons (Fsp3) is 0.0625. The Balaban J connectivity index is 2.42. The minimum Gasteiger partial charge on any atom is -0.612 e. The summed E-state index contributed by atoms with van der Waals surface area (Å²) in [4.78, 5) is 5.08. The molecular weight excluding hydrogens is 290 g/mol. The average Bonchev–Trinajstić information content (AvgIpc) is 2.46. The Morgan fingerprint density at radius 1 is 1.10 bits per heavy atom. The SMILES string of the molecule is C[S+]([O-])c1c(-c2ccccn2)c(Cl)cc2ccccc12. The molecule has 0 fully saturated rings. The molecule has 0 saturated carbocycles. The van der Waals surface area contributed by atoms with Crippen LogP contribution in [0.3, 0.4) is 0 Å². The molecule has 4 heteroatoms. The molecule has 0 bridgehead atoms. The lowest BCUT2D eigenvalue weighted by Crippen LogP contribution is -2.03. The lowest BCUT2D eigenvalue weighted by atomic mass is 10.0. The molecule has 0 N–H and O–H groups in total. The number of benzene rings is 2. The van der Waals surface area contributed by atoms with Crippen LogP contribution >= 0.6 is 11.6 Å². The van der Waals surface area contributed by atoms with Crippen LogP contribution in [0, 0.1) is 0 Å². The van der Waals surface area contributed by atoms with Crippen molar-refractivity contribution < 1.29 is 4.55 Å². The second kappa shape index (κ2) is 5.44. The molecule has 20 heavy (non-hydrogen) atoms. The predicted molar refractivity (Wildman–Crippen MR) is 84.5 cm³/mol. The highest BCUT2D eigenvalue weighted by molar-refractivity contribution is 7.91. The van der Waals surface area contributed by atoms with Crippen molar-refractivity contribution in [2.24, 2.45) is 0 Å². The van der Waals surface area contributed by atoms with Gasteiger partial charge < -0.3 is 4.55 Å². The molecule has 3 rings (SSSR count). The fourth-order valence-corrected chi connectivity index (χ4v) is 3.69. The molecule has 2 nitrogen and oxygen atoms in total. The van der Waals surface area contributed by atoms with Crippen LogP contribution in [0.5, 0.6) is 0 Å². The maximum Gasteiger partial charge on any atom is 0.171 e. The summed E-state index contributed by atoms with van der Waals surface area (Å²) in [5.41, 5.74) is 1.50. The standard InChI is InChI=1S/C16H12ClNOS/c1-20(19)16-12-7-3-2-6-11(12)10-13(17)15(16)14-8-4-5-9-18-14/h2-10H,1H3. The van der Waals surface area contributed by atoms with Gasteiger partial charge in [-0.05, 0) is 40.8 Å². The zero-order valence-electron chi connectivity index (χ0n) is 10.8. The first-order valence-electron chi connectivity index (χ1n) is 6.14. The van der Waals surface area contributed by atoms with E-state index < -0.39 is 11.2 Å². The zero-order valence-corrected chi connectivity index (χ0v) is 12.4. The molecule has 0 aliphatic carbocycles. The van der Waals surface area contributed by atoms with Crippen molar-refractivity contribution in [2.45, 2.75) is 4.90 Å². The van der Waals surface area contributed by atoms with Crippen molar-refractivity contribution in [1.29, 1.82) is 0 Å². The van der Waals surface area contributed by atoms with Gasteiger partial charge in [0.05, 0.1) is 16.3 Å². The number of aromatic nitrogens is 1. The number of halogens is 1. The van der Waals surface area contributed by atoms with Gasteiger partial charge in [-0.2, -0.15) is 0 Å². The smallest absolute Gasteiger partial charge is 0.171 e. The average molecular weight is 302 g/mol. The van der Waals surface area contributed by atoms with Gasteiger partial charge in [0.15, 0.2) is 4.90 Å². The van der Waals surface area contributed by atoms with E-state index in [4.69, 9.17) is 11.6 Å². The third-order valence-corrected chi connectivity index (χ3v) is 4.46. The summed E-state index contributed by atoms with van der Waals surface area (Å²) < 4.78 is 12.2. The van der Waals surface area contributed by atoms with Crippen LogP contribution in [-0.2, 0) is 11.2 Å². The van der Waals surface area contributed by atoms with Crippen molar-refractivity contribution in [2.75, 3.05) is 6.26 Å². The van der Waals surface area contributed by atoms with E-state index in [-0.39, 0.29) is 0 Å². The molecule has 3 aromatic rings. The van der Waals surface area contributed by atoms with E-state index in [1.54, 1.807) is 12.5 Å². The van der Waals surface area contributed by atoms with Crippen molar-refractivity contribution in [1.82, 2.24) is 4.98 Å². The zero-order chi connectivity index (χ0) is 14.1. The number of nitrogens with zero attached hydrogens (tertiary/aromatic N) is 1. The van der Waals surface area contributed by atoms with Gasteiger partial charge >= 0.3 is 0 Å². The van der Waals surface area contributed by atoms with Crippen molar-refractivity contribution in [3.05, 3.63) is 59.8 Å². The quantitative estimate of drug-likeness (QED) is 0.662. The highest BCUT2D eigenvalue weighted by Gasteiger charge is 2.21. The van der Waals surface area contributed by atoms with Gasteiger partial charge in [0.25, 0.3) is 0 Å². The molecule has 0 aliphatic rings. The number of rotatable bonds is 2. The number of fused-ring (bicyclic) bond motifs is 1. The molecular formula is C16H12ClNOS. The predicted octanol–water partition coefficient (Wildman–Crippen LogP) is 4.29. The largest absolute Gasteiger partial charge is 0.612 e. The first-order chi connectivity index (χ1) is 9.68. The summed E-state index contributed by atoms with van der Waals surface area (Å²) >= 11 is 5.26. The first-order valence-corrected chi connectivity index (χ1v) is 8.08. The lowest BCUT2D eigenvalue weighted by molar-refractivity contribution is 0.602. The second-order valence-corrected chi connectivity index (χ2v) is 6.18. The van der Waals surface area contributed by atoms with Gasteiger partial charge in [0.2, 0.25) is 0 Å². The molecule has 1 atom stereocenters. The van der Waals surface area contributed by atoms with Gasteiger partial charge in [-0.15, -0.1) is 0 Å². The van der Waals surface area contributed by atoms with E-state index in [0.29, 0.717) is 5.02 Å². The third kappa shape index (κ3) is 2.29. The Morgan fingerprint density at radius 2 is 1.85 bits per heavy atom. The highest BCUT2D eigenvalue weighted by Crippen LogP contribution is 2.38. The van der Waals surface area contributed by atoms with Crippen LogP contribution in [0.4, 0.5) is 0 Å². The Kier molecular flexibility index (Phi) is 3.66. The summed E-state index contributed by atoms with van der Waals surface area (Å²) in [7, 11) is 0. The molecule has 1 aromatic heterocycles. The minimum atomic E-state index is -1.15. The molecule has 0 radical (unpaired) electrons. The van der Waals surface area contributed by atoms with Crippen LogP contribution in [0.15, 0.2) is 59.6 Å². The molecule has 0 amide bonds. The summed E-state index contributed by atoms with van der Waals surface area (Å²) in [6, 6.07) is 15.4. The minimum absolute atomic E-state index is 0.576. The van der Waals surface area contributed by atoms with Crippen molar-refractivity contribution >= 4 is 33.5 Å². The normalized spacial score (nSPS) is 12.6. The van der Waals surface area contributed by atoms with Crippen LogP contribution in [0.25, 0.3) is 22.0 Å². The molecule has 1 heterocycles. The van der Waals surface area contributed by atoms with E-state index in [2.05, 4.69) is 4.98 Å². The summed E-state index contributed by atoms with van der Waals surface area (Å²) in [5, 5.41) is 2.52. The van der Waals surface area contributed by atoms with Gasteiger partial charge in [-0.1, -0.05) is 35.9 Å². The summed E-state index contributed by atoms with van der Waals surface area (Å²) in [5.74, 6) is 0. The Labute approximate surface area is 125 Å². The van der Waals surface area contributed by atoms with Crippen LogP contribution < -0.4 is 0 Å². The van der Waals surface area contributed by atoms with E-state index in [9.17, 15) is 4.55 Å². The topological polar surface area (TPSA) is 36.0 Å². The van der Waals surface area contributed by atoms with E-state index in [1.807, 2.05) is 48.5 Å². The third-order valence-electron chi connectivity index (χ3n) is 3.16. The number of pyridine rings is 1. The molecule has 0 aliphatic heterocycles. The van der Waals surface area contributed by atoms with E-state index in [1.165, 1.54) is 0 Å². The first kappa shape index (κ1) is 13.4. The van der Waals surface area contributed by atoms with Gasteiger partial charge in [0.1, 0.15) is 6.26 Å². The van der Waals surface area contributed by atoms with Gasteiger partial charge in [-0.25, -0.2) is 0 Å². The summed E-state index contributed by atoms with van der Waals surface area (Å²) in [6.07, 6.45) is 3.38. The molecule has 0 saturated heterocycles. The number of hydrogen-bond donors (Lipinski definition) is 0. The van der Waals surface area contributed by atoms with Crippen LogP contribution in [-0.4, -0.2) is 15.8 Å². The van der Waals surface area contributed by atoms with E-state index in [0.717, 1.165) is 26.9 Å². The Bertz CT molecular complexity index is 759. The lowest BCUT2D eigenvalue weighted by Gasteiger charge is -2.14. The Hall–Kier alpha value is -1.55. The maximum absolute atomic E-state index is 12.2. The fourth-order valence-electron chi connectivity index (χ4n) is 2.33. The monoisotopic (exact) mass is 301 g/mol. The molecule has 2 aromatic carbocycles. The second-order valence-electron chi connectivity index (χ2n) is 4.45. The van der Waals surface area contributed by atoms with E-state index >= 15 is 0 Å². The maximum atomic E-state index is 12.2. The molecule has 1 unspecified atom stereocenters. The summed E-state index contributed by atoms with van der Waals surface area (Å²) in [6.45, 7) is 0. The van der Waals surface area contributed by atoms with Crippen LogP contribution in [0.2, 0.25) is 5.02 Å². The highest BCUT2D eigenvalue weighted by atomic mass is 35.5. The number of hydrogen-bond acceptors (Lipinski definition) is 2. The molecule has 100 valence electrons.